The lowest BCUT2D eigenvalue weighted by molar-refractivity contribution is 0.477. The Morgan fingerprint density at radius 2 is 1.62 bits per heavy atom. The summed E-state index contributed by atoms with van der Waals surface area (Å²) in [6, 6.07) is 9.79. The maximum Gasteiger partial charge on any atom is 0.156 e. The van der Waals surface area contributed by atoms with Gasteiger partial charge in [0.15, 0.2) is 5.75 Å². The number of hydrogen-bond acceptors (Lipinski definition) is 3. The summed E-state index contributed by atoms with van der Waals surface area (Å²) in [7, 11) is 0. The molecule has 3 nitrogen and oxygen atoms in total. The van der Waals surface area contributed by atoms with Gasteiger partial charge in [0.25, 0.3) is 0 Å². The maximum atomic E-state index is 10.2. The second-order valence-electron chi connectivity index (χ2n) is 5.31. The van der Waals surface area contributed by atoms with Crippen LogP contribution in [0.25, 0.3) is 10.9 Å². The van der Waals surface area contributed by atoms with Crippen LogP contribution in [-0.2, 0) is 6.54 Å². The van der Waals surface area contributed by atoms with E-state index in [1.54, 1.807) is 0 Å². The Hall–Kier alpha value is -0.630. The summed E-state index contributed by atoms with van der Waals surface area (Å²) >= 11 is 13.9. The zero-order valence-electron chi connectivity index (χ0n) is 12.5. The Labute approximate surface area is 173 Å². The Morgan fingerprint density at radius 1 is 0.958 bits per heavy atom. The maximum absolute atomic E-state index is 10.2. The minimum Gasteiger partial charge on any atom is -0.505 e. The Balaban J connectivity index is 1.90. The van der Waals surface area contributed by atoms with Crippen molar-refractivity contribution in [3.05, 3.63) is 59.5 Å². The molecule has 0 unspecified atom stereocenters. The molecule has 24 heavy (non-hydrogen) atoms. The van der Waals surface area contributed by atoms with Crippen LogP contribution in [-0.4, -0.2) is 10.1 Å². The second-order valence-corrected chi connectivity index (χ2v) is 8.72. The first kappa shape index (κ1) is 18.2. The standard InChI is InChI=1S/C17H12Br4N2O/c1-8-12(18)4-10(5-13(8)19)22-7-9-2-3-11-14(20)6-15(21)17(24)16(11)23-9/h2-6,22,24H,7H2,1H3. The number of nitrogens with zero attached hydrogens (tertiary/aromatic N) is 1. The van der Waals surface area contributed by atoms with Crippen LogP contribution >= 0.6 is 63.7 Å². The molecule has 0 saturated heterocycles. The molecule has 0 aliphatic heterocycles. The lowest BCUT2D eigenvalue weighted by Gasteiger charge is -2.11. The van der Waals surface area contributed by atoms with Crippen LogP contribution in [0.2, 0.25) is 0 Å². The van der Waals surface area contributed by atoms with E-state index in [1.165, 1.54) is 0 Å². The number of rotatable bonds is 3. The molecule has 2 N–H and O–H groups in total. The van der Waals surface area contributed by atoms with Crippen LogP contribution in [0.15, 0.2) is 48.2 Å². The summed E-state index contributed by atoms with van der Waals surface area (Å²) < 4.78 is 3.58. The predicted octanol–water partition coefficient (Wildman–Crippen LogP) is 6.91. The number of phenolic OH excluding ortho intramolecular Hbond substituents is 1. The van der Waals surface area contributed by atoms with Crippen molar-refractivity contribution in [2.24, 2.45) is 0 Å². The van der Waals surface area contributed by atoms with Crippen molar-refractivity contribution in [3.8, 4) is 5.75 Å². The Morgan fingerprint density at radius 3 is 2.29 bits per heavy atom. The molecule has 7 heteroatoms. The number of anilines is 1. The minimum atomic E-state index is 0.149. The molecule has 0 aliphatic rings. The molecule has 2 aromatic carbocycles. The molecule has 1 aromatic heterocycles. The van der Waals surface area contributed by atoms with Crippen molar-refractivity contribution >= 4 is 80.3 Å². The molecular weight excluding hydrogens is 568 g/mol. The van der Waals surface area contributed by atoms with Crippen LogP contribution in [0.3, 0.4) is 0 Å². The van der Waals surface area contributed by atoms with Gasteiger partial charge in [-0.05, 0) is 58.7 Å². The quantitative estimate of drug-likeness (QED) is 0.354. The number of pyridine rings is 1. The van der Waals surface area contributed by atoms with E-state index in [-0.39, 0.29) is 5.75 Å². The summed E-state index contributed by atoms with van der Waals surface area (Å²) in [5.74, 6) is 0.149. The normalized spacial score (nSPS) is 11.0. The minimum absolute atomic E-state index is 0.149. The third kappa shape index (κ3) is 3.64. The number of fused-ring (bicyclic) bond motifs is 1. The summed E-state index contributed by atoms with van der Waals surface area (Å²) in [5.41, 5.74) is 3.56. The largest absolute Gasteiger partial charge is 0.505 e. The highest BCUT2D eigenvalue weighted by atomic mass is 79.9. The molecule has 0 bridgehead atoms. The van der Waals surface area contributed by atoms with Gasteiger partial charge in [0.05, 0.1) is 16.7 Å². The monoisotopic (exact) mass is 576 g/mol. The van der Waals surface area contributed by atoms with Crippen molar-refractivity contribution in [2.45, 2.75) is 13.5 Å². The smallest absolute Gasteiger partial charge is 0.156 e. The molecule has 0 spiro atoms. The van der Waals surface area contributed by atoms with Gasteiger partial charge < -0.3 is 10.4 Å². The highest BCUT2D eigenvalue weighted by molar-refractivity contribution is 9.11. The van der Waals surface area contributed by atoms with E-state index in [0.717, 1.165) is 35.7 Å². The molecule has 3 aromatic rings. The van der Waals surface area contributed by atoms with Crippen molar-refractivity contribution in [1.82, 2.24) is 4.98 Å². The van der Waals surface area contributed by atoms with E-state index in [0.29, 0.717) is 16.5 Å². The predicted molar refractivity (Wildman–Crippen MR) is 113 cm³/mol. The fourth-order valence-corrected chi connectivity index (χ4v) is 4.74. The fraction of sp³-hybridized carbons (Fsp3) is 0.118. The number of aromatic nitrogens is 1. The van der Waals surface area contributed by atoms with Crippen LogP contribution in [0.5, 0.6) is 5.75 Å². The third-order valence-corrected chi connectivity index (χ3v) is 6.58. The molecule has 3 rings (SSSR count). The van der Waals surface area contributed by atoms with E-state index in [4.69, 9.17) is 0 Å². The van der Waals surface area contributed by atoms with Crippen LogP contribution in [0, 0.1) is 6.92 Å². The Kier molecular flexibility index (Phi) is 5.54. The number of hydrogen-bond donors (Lipinski definition) is 2. The number of halogens is 4. The first-order valence-corrected chi connectivity index (χ1v) is 10.2. The molecule has 0 atom stereocenters. The molecule has 0 fully saturated rings. The number of benzene rings is 2. The van der Waals surface area contributed by atoms with Gasteiger partial charge in [-0.3, -0.25) is 0 Å². The van der Waals surface area contributed by atoms with Crippen molar-refractivity contribution in [2.75, 3.05) is 5.32 Å². The number of phenols is 1. The van der Waals surface area contributed by atoms with E-state index in [1.807, 2.05) is 37.3 Å². The zero-order chi connectivity index (χ0) is 17.4. The summed E-state index contributed by atoms with van der Waals surface area (Å²) in [5, 5.41) is 14.5. The molecule has 0 radical (unpaired) electrons. The van der Waals surface area contributed by atoms with Gasteiger partial charge in [-0.25, -0.2) is 4.98 Å². The topological polar surface area (TPSA) is 45.1 Å². The van der Waals surface area contributed by atoms with Crippen molar-refractivity contribution in [1.29, 1.82) is 0 Å². The molecule has 1 heterocycles. The van der Waals surface area contributed by atoms with Gasteiger partial charge in [-0.2, -0.15) is 0 Å². The first-order chi connectivity index (χ1) is 11.4. The van der Waals surface area contributed by atoms with Crippen molar-refractivity contribution in [3.63, 3.8) is 0 Å². The van der Waals surface area contributed by atoms with E-state index < -0.39 is 0 Å². The molecule has 124 valence electrons. The SMILES string of the molecule is Cc1c(Br)cc(NCc2ccc3c(Br)cc(Br)c(O)c3n2)cc1Br. The molecular formula is C17H12Br4N2O. The van der Waals surface area contributed by atoms with E-state index in [2.05, 4.69) is 74.0 Å². The lowest BCUT2D eigenvalue weighted by Crippen LogP contribution is -2.02. The lowest BCUT2D eigenvalue weighted by atomic mass is 10.2. The summed E-state index contributed by atoms with van der Waals surface area (Å²) in [6.45, 7) is 2.60. The average Bonchev–Trinajstić information content (AvgIpc) is 2.55. The van der Waals surface area contributed by atoms with Crippen LogP contribution in [0.1, 0.15) is 11.3 Å². The highest BCUT2D eigenvalue weighted by Crippen LogP contribution is 2.36. The number of nitrogens with one attached hydrogen (secondary N) is 1. The second kappa shape index (κ2) is 7.32. The number of aromatic hydroxyl groups is 1. The summed E-state index contributed by atoms with van der Waals surface area (Å²) in [6.07, 6.45) is 0. The average molecular weight is 580 g/mol. The molecule has 0 amide bonds. The fourth-order valence-electron chi connectivity index (χ4n) is 2.28. The Bertz CT molecular complexity index is 921. The van der Waals surface area contributed by atoms with Gasteiger partial charge >= 0.3 is 0 Å². The first-order valence-electron chi connectivity index (χ1n) is 7.03. The third-order valence-electron chi connectivity index (χ3n) is 3.67. The van der Waals surface area contributed by atoms with Gasteiger partial charge in [0, 0.05) is 24.5 Å². The molecule has 0 saturated carbocycles. The van der Waals surface area contributed by atoms with Gasteiger partial charge in [-0.1, -0.05) is 47.8 Å². The van der Waals surface area contributed by atoms with Gasteiger partial charge in [-0.15, -0.1) is 0 Å². The summed E-state index contributed by atoms with van der Waals surface area (Å²) in [4.78, 5) is 4.58. The van der Waals surface area contributed by atoms with E-state index in [9.17, 15) is 5.11 Å². The zero-order valence-corrected chi connectivity index (χ0v) is 18.8. The van der Waals surface area contributed by atoms with Crippen LogP contribution in [0.4, 0.5) is 5.69 Å². The van der Waals surface area contributed by atoms with E-state index >= 15 is 0 Å². The van der Waals surface area contributed by atoms with Gasteiger partial charge in [0.2, 0.25) is 0 Å². The van der Waals surface area contributed by atoms with Crippen molar-refractivity contribution < 1.29 is 5.11 Å². The van der Waals surface area contributed by atoms with Crippen LogP contribution < -0.4 is 5.32 Å². The highest BCUT2D eigenvalue weighted by Gasteiger charge is 2.11. The molecule has 0 aliphatic carbocycles. The van der Waals surface area contributed by atoms with Gasteiger partial charge in [0.1, 0.15) is 5.52 Å².